The molecule has 0 spiro atoms. The van der Waals surface area contributed by atoms with E-state index in [1.54, 1.807) is 11.3 Å². The summed E-state index contributed by atoms with van der Waals surface area (Å²) in [4.78, 5) is 15.5. The maximum absolute atomic E-state index is 12.7. The second-order valence-electron chi connectivity index (χ2n) is 4.55. The third-order valence-electron chi connectivity index (χ3n) is 3.06. The zero-order valence-electron chi connectivity index (χ0n) is 11.2. The van der Waals surface area contributed by atoms with Crippen LogP contribution in [0.15, 0.2) is 42.7 Å². The summed E-state index contributed by atoms with van der Waals surface area (Å²) in [5.41, 5.74) is 0.995. The number of rotatable bonds is 3. The minimum absolute atomic E-state index is 0.289. The quantitative estimate of drug-likeness (QED) is 0.744. The summed E-state index contributed by atoms with van der Waals surface area (Å²) in [6.45, 7) is 1.80. The molecule has 3 heterocycles. The molecule has 3 aromatic heterocycles. The van der Waals surface area contributed by atoms with Gasteiger partial charge in [0.2, 0.25) is 5.95 Å². The molecule has 3 rings (SSSR count). The van der Waals surface area contributed by atoms with Gasteiger partial charge in [0.1, 0.15) is 0 Å². The monoisotopic (exact) mass is 285 g/mol. The van der Waals surface area contributed by atoms with Crippen molar-refractivity contribution >= 4 is 11.6 Å². The molecule has 0 aliphatic rings. The Bertz CT molecular complexity index is 783. The number of pyridine rings is 2. The second-order valence-corrected chi connectivity index (χ2v) is 4.55. The van der Waals surface area contributed by atoms with Gasteiger partial charge in [-0.05, 0) is 31.2 Å². The first-order valence-electron chi connectivity index (χ1n) is 6.37. The lowest BCUT2D eigenvalue weighted by Crippen LogP contribution is -2.28. The van der Waals surface area contributed by atoms with Crippen LogP contribution in [0.25, 0.3) is 5.65 Å². The molecule has 7 heteroatoms. The van der Waals surface area contributed by atoms with Crippen molar-refractivity contribution in [3.63, 3.8) is 0 Å². The van der Waals surface area contributed by atoms with E-state index in [4.69, 9.17) is 0 Å². The van der Waals surface area contributed by atoms with Gasteiger partial charge in [-0.2, -0.15) is 4.39 Å². The average molecular weight is 285 g/mol. The number of halogens is 1. The first-order chi connectivity index (χ1) is 10.1. The summed E-state index contributed by atoms with van der Waals surface area (Å²) >= 11 is 0. The molecule has 0 aromatic carbocycles. The predicted molar refractivity (Wildman–Crippen MR) is 73.1 cm³/mol. The number of amides is 1. The Labute approximate surface area is 119 Å². The number of hydrogen-bond donors (Lipinski definition) is 1. The average Bonchev–Trinajstić information content (AvgIpc) is 2.92. The third kappa shape index (κ3) is 2.58. The molecule has 0 radical (unpaired) electrons. The highest BCUT2D eigenvalue weighted by Crippen LogP contribution is 2.12. The number of aromatic nitrogens is 4. The number of fused-ring (bicyclic) bond motifs is 1. The lowest BCUT2D eigenvalue weighted by molar-refractivity contribution is 0.0937. The second kappa shape index (κ2) is 5.28. The van der Waals surface area contributed by atoms with Crippen LogP contribution in [0.2, 0.25) is 0 Å². The van der Waals surface area contributed by atoms with Gasteiger partial charge < -0.3 is 5.32 Å². The van der Waals surface area contributed by atoms with E-state index >= 15 is 0 Å². The highest BCUT2D eigenvalue weighted by Gasteiger charge is 2.16. The van der Waals surface area contributed by atoms with Crippen molar-refractivity contribution in [2.75, 3.05) is 0 Å². The molecule has 3 aromatic rings. The summed E-state index contributed by atoms with van der Waals surface area (Å²) < 4.78 is 14.5. The van der Waals surface area contributed by atoms with Gasteiger partial charge in [0.05, 0.1) is 11.6 Å². The number of nitrogens with zero attached hydrogens (tertiary/aromatic N) is 4. The Morgan fingerprint density at radius 1 is 1.29 bits per heavy atom. The maximum Gasteiger partial charge on any atom is 0.253 e. The van der Waals surface area contributed by atoms with Gasteiger partial charge in [0.15, 0.2) is 11.5 Å². The largest absolute Gasteiger partial charge is 0.342 e. The zero-order valence-corrected chi connectivity index (χ0v) is 11.2. The topological polar surface area (TPSA) is 72.2 Å². The molecule has 0 fully saturated rings. The number of hydrogen-bond acceptors (Lipinski definition) is 4. The zero-order chi connectivity index (χ0) is 14.8. The molecule has 0 aliphatic heterocycles. The minimum Gasteiger partial charge on any atom is -0.342 e. The molecule has 1 N–H and O–H groups in total. The molecule has 0 saturated heterocycles. The van der Waals surface area contributed by atoms with Crippen molar-refractivity contribution in [2.24, 2.45) is 0 Å². The fraction of sp³-hybridized carbons (Fsp3) is 0.143. The van der Waals surface area contributed by atoms with Crippen LogP contribution in [0.5, 0.6) is 0 Å². The third-order valence-corrected chi connectivity index (χ3v) is 3.06. The van der Waals surface area contributed by atoms with Gasteiger partial charge in [-0.15, -0.1) is 10.2 Å². The molecule has 21 heavy (non-hydrogen) atoms. The fourth-order valence-electron chi connectivity index (χ4n) is 2.01. The Morgan fingerprint density at radius 3 is 2.90 bits per heavy atom. The first-order valence-corrected chi connectivity index (χ1v) is 6.37. The van der Waals surface area contributed by atoms with Gasteiger partial charge in [0.25, 0.3) is 5.91 Å². The van der Waals surface area contributed by atoms with E-state index in [0.29, 0.717) is 11.5 Å². The molecular formula is C14H12FN5O. The van der Waals surface area contributed by atoms with E-state index in [0.717, 1.165) is 6.07 Å². The van der Waals surface area contributed by atoms with Crippen molar-refractivity contribution in [1.29, 1.82) is 0 Å². The molecule has 106 valence electrons. The van der Waals surface area contributed by atoms with E-state index in [1.807, 2.05) is 24.4 Å². The van der Waals surface area contributed by atoms with Gasteiger partial charge in [-0.1, -0.05) is 6.07 Å². The van der Waals surface area contributed by atoms with Gasteiger partial charge in [0, 0.05) is 12.4 Å². The summed E-state index contributed by atoms with van der Waals surface area (Å²) in [5, 5.41) is 10.9. The Balaban J connectivity index is 1.81. The predicted octanol–water partition coefficient (Wildman–Crippen LogP) is 1.75. The summed E-state index contributed by atoms with van der Waals surface area (Å²) in [6, 6.07) is 7.73. The number of carbonyl (C=O) groups excluding carboxylic acids is 1. The molecule has 0 bridgehead atoms. The van der Waals surface area contributed by atoms with Crippen molar-refractivity contribution in [3.8, 4) is 0 Å². The van der Waals surface area contributed by atoms with Gasteiger partial charge in [-0.25, -0.2) is 4.98 Å². The highest BCUT2D eigenvalue weighted by atomic mass is 19.1. The standard InChI is InChI=1S/C14H12FN5O/c1-9(13-19-18-12-4-2-3-7-20(12)13)17-14(21)10-5-6-11(15)16-8-10/h2-9H,1H3,(H,17,21). The molecule has 6 nitrogen and oxygen atoms in total. The number of carbonyl (C=O) groups is 1. The Hall–Kier alpha value is -2.83. The summed E-state index contributed by atoms with van der Waals surface area (Å²) in [6.07, 6.45) is 3.02. The van der Waals surface area contributed by atoms with Crippen LogP contribution in [-0.4, -0.2) is 25.5 Å². The highest BCUT2D eigenvalue weighted by molar-refractivity contribution is 5.94. The van der Waals surface area contributed by atoms with Crippen LogP contribution >= 0.6 is 0 Å². The maximum atomic E-state index is 12.7. The van der Waals surface area contributed by atoms with Crippen LogP contribution in [-0.2, 0) is 0 Å². The molecule has 1 unspecified atom stereocenters. The summed E-state index contributed by atoms with van der Waals surface area (Å²) in [7, 11) is 0. The fourth-order valence-corrected chi connectivity index (χ4v) is 2.01. The normalized spacial score (nSPS) is 12.3. The molecule has 1 atom stereocenters. The van der Waals surface area contributed by atoms with Crippen molar-refractivity contribution in [3.05, 3.63) is 60.1 Å². The minimum atomic E-state index is -0.622. The van der Waals surface area contributed by atoms with Gasteiger partial charge >= 0.3 is 0 Å². The lowest BCUT2D eigenvalue weighted by atomic mass is 10.2. The summed E-state index contributed by atoms with van der Waals surface area (Å²) in [5.74, 6) is -0.347. The molecule has 0 saturated carbocycles. The van der Waals surface area contributed by atoms with Gasteiger partial charge in [-0.3, -0.25) is 9.20 Å². The first kappa shape index (κ1) is 13.2. The Kier molecular flexibility index (Phi) is 3.31. The van der Waals surface area contributed by atoms with E-state index in [9.17, 15) is 9.18 Å². The van der Waals surface area contributed by atoms with Crippen LogP contribution < -0.4 is 5.32 Å². The van der Waals surface area contributed by atoms with Crippen LogP contribution in [0, 0.1) is 5.95 Å². The van der Waals surface area contributed by atoms with E-state index in [1.165, 1.54) is 12.3 Å². The molecular weight excluding hydrogens is 273 g/mol. The SMILES string of the molecule is CC(NC(=O)c1ccc(F)nc1)c1nnc2ccccn12. The van der Waals surface area contributed by atoms with Crippen LogP contribution in [0.1, 0.15) is 29.1 Å². The Morgan fingerprint density at radius 2 is 2.14 bits per heavy atom. The molecule has 1 amide bonds. The van der Waals surface area contributed by atoms with E-state index < -0.39 is 5.95 Å². The van der Waals surface area contributed by atoms with Crippen molar-refractivity contribution in [1.82, 2.24) is 24.9 Å². The smallest absolute Gasteiger partial charge is 0.253 e. The van der Waals surface area contributed by atoms with Crippen molar-refractivity contribution in [2.45, 2.75) is 13.0 Å². The van der Waals surface area contributed by atoms with E-state index in [-0.39, 0.29) is 17.5 Å². The van der Waals surface area contributed by atoms with Crippen LogP contribution in [0.4, 0.5) is 4.39 Å². The van der Waals surface area contributed by atoms with E-state index in [2.05, 4.69) is 20.5 Å². The van der Waals surface area contributed by atoms with Crippen LogP contribution in [0.3, 0.4) is 0 Å². The lowest BCUT2D eigenvalue weighted by Gasteiger charge is -2.12. The molecule has 0 aliphatic carbocycles. The van der Waals surface area contributed by atoms with Crippen molar-refractivity contribution < 1.29 is 9.18 Å². The number of nitrogens with one attached hydrogen (secondary N) is 1.